The van der Waals surface area contributed by atoms with Crippen molar-refractivity contribution in [1.82, 2.24) is 15.3 Å². The number of hydrogen-bond donors (Lipinski definition) is 2. The molecular weight excluding hydrogens is 382 g/mol. The molecule has 2 aliphatic carbocycles. The average molecular weight is 424 g/mol. The molecule has 0 atom stereocenters. The van der Waals surface area contributed by atoms with Crippen LogP contribution in [0.2, 0.25) is 0 Å². The first-order valence-corrected chi connectivity index (χ1v) is 12.6. The van der Waals surface area contributed by atoms with Crippen molar-refractivity contribution in [3.8, 4) is 0 Å². The Morgan fingerprint density at radius 3 is 2.45 bits per heavy atom. The average Bonchev–Trinajstić information content (AvgIpc) is 2.80. The molecule has 0 bridgehead atoms. The minimum Gasteiger partial charge on any atom is -0.362 e. The Hall–Kier alpha value is -1.88. The van der Waals surface area contributed by atoms with Crippen LogP contribution >= 0.6 is 0 Å². The molecule has 4 rings (SSSR count). The lowest BCUT2D eigenvalue weighted by molar-refractivity contribution is 0.311. The maximum atomic E-state index is 4.81. The highest BCUT2D eigenvalue weighted by Crippen LogP contribution is 2.29. The van der Waals surface area contributed by atoms with Gasteiger partial charge in [-0.2, -0.15) is 4.98 Å². The van der Waals surface area contributed by atoms with E-state index in [1.165, 1.54) is 83.7 Å². The van der Waals surface area contributed by atoms with Crippen LogP contribution in [0.3, 0.4) is 0 Å². The summed E-state index contributed by atoms with van der Waals surface area (Å²) in [6.07, 6.45) is 15.2. The van der Waals surface area contributed by atoms with E-state index in [0.717, 1.165) is 34.5 Å². The van der Waals surface area contributed by atoms with Gasteiger partial charge in [-0.05, 0) is 75.6 Å². The molecule has 1 heterocycles. The minimum absolute atomic E-state index is 0.485. The van der Waals surface area contributed by atoms with Crippen LogP contribution in [0.1, 0.15) is 70.6 Å². The Morgan fingerprint density at radius 1 is 0.903 bits per heavy atom. The molecule has 5 heteroatoms. The molecule has 5 nitrogen and oxygen atoms in total. The predicted molar refractivity (Wildman–Crippen MR) is 132 cm³/mol. The second kappa shape index (κ2) is 11.1. The zero-order chi connectivity index (χ0) is 21.5. The number of para-hydroxylation sites is 1. The lowest BCUT2D eigenvalue weighted by atomic mass is 9.85. The maximum absolute atomic E-state index is 4.81. The van der Waals surface area contributed by atoms with Crippen molar-refractivity contribution in [1.29, 1.82) is 0 Å². The first kappa shape index (κ1) is 22.3. The number of anilines is 2. The molecule has 0 unspecified atom stereocenters. The summed E-state index contributed by atoms with van der Waals surface area (Å²) in [7, 11) is 4.10. The molecule has 0 aliphatic heterocycles. The van der Waals surface area contributed by atoms with Crippen LogP contribution in [0.25, 0.3) is 10.9 Å². The molecule has 2 N–H and O–H groups in total. The zero-order valence-electron chi connectivity index (χ0n) is 19.6. The number of aromatic nitrogens is 2. The summed E-state index contributed by atoms with van der Waals surface area (Å²) in [6.45, 7) is 2.39. The molecule has 2 aromatic rings. The van der Waals surface area contributed by atoms with Gasteiger partial charge in [-0.25, -0.2) is 4.98 Å². The van der Waals surface area contributed by atoms with Gasteiger partial charge in [0.05, 0.1) is 5.52 Å². The third-order valence-corrected chi connectivity index (χ3v) is 7.31. The molecule has 2 saturated carbocycles. The third kappa shape index (κ3) is 6.31. The van der Waals surface area contributed by atoms with Gasteiger partial charge in [0.25, 0.3) is 0 Å². The molecule has 0 radical (unpaired) electrons. The smallest absolute Gasteiger partial charge is 0.225 e. The Morgan fingerprint density at radius 2 is 1.68 bits per heavy atom. The van der Waals surface area contributed by atoms with Gasteiger partial charge in [0, 0.05) is 25.5 Å². The highest BCUT2D eigenvalue weighted by atomic mass is 15.2. The Labute approximate surface area is 188 Å². The van der Waals surface area contributed by atoms with Gasteiger partial charge < -0.3 is 15.5 Å². The molecule has 170 valence electrons. The molecule has 31 heavy (non-hydrogen) atoms. The summed E-state index contributed by atoms with van der Waals surface area (Å²) >= 11 is 0. The first-order chi connectivity index (χ1) is 15.2. The minimum atomic E-state index is 0.485. The van der Waals surface area contributed by atoms with Crippen molar-refractivity contribution in [2.24, 2.45) is 11.8 Å². The van der Waals surface area contributed by atoms with Gasteiger partial charge in [0.15, 0.2) is 0 Å². The van der Waals surface area contributed by atoms with Crippen molar-refractivity contribution in [3.63, 3.8) is 0 Å². The number of nitrogens with zero attached hydrogens (tertiary/aromatic N) is 3. The van der Waals surface area contributed by atoms with Crippen LogP contribution < -0.4 is 15.5 Å². The highest BCUT2D eigenvalue weighted by molar-refractivity contribution is 5.90. The van der Waals surface area contributed by atoms with Crippen LogP contribution in [0.5, 0.6) is 0 Å². The number of benzene rings is 1. The van der Waals surface area contributed by atoms with Gasteiger partial charge >= 0.3 is 0 Å². The quantitative estimate of drug-likeness (QED) is 0.513. The molecule has 0 amide bonds. The van der Waals surface area contributed by atoms with Gasteiger partial charge in [0.2, 0.25) is 5.95 Å². The van der Waals surface area contributed by atoms with Gasteiger partial charge in [-0.15, -0.1) is 0 Å². The fourth-order valence-corrected chi connectivity index (χ4v) is 5.46. The maximum Gasteiger partial charge on any atom is 0.225 e. The van der Waals surface area contributed by atoms with E-state index in [-0.39, 0.29) is 0 Å². The second-order valence-electron chi connectivity index (χ2n) is 9.99. The predicted octanol–water partition coefficient (Wildman–Crippen LogP) is 5.62. The highest BCUT2D eigenvalue weighted by Gasteiger charge is 2.22. The first-order valence-electron chi connectivity index (χ1n) is 12.6. The van der Waals surface area contributed by atoms with E-state index in [2.05, 4.69) is 33.7 Å². The Kier molecular flexibility index (Phi) is 8.01. The normalized spacial score (nSPS) is 22.5. The van der Waals surface area contributed by atoms with Crippen LogP contribution in [-0.2, 0) is 0 Å². The summed E-state index contributed by atoms with van der Waals surface area (Å²) in [4.78, 5) is 11.7. The monoisotopic (exact) mass is 423 g/mol. The van der Waals surface area contributed by atoms with E-state index in [4.69, 9.17) is 9.97 Å². The van der Waals surface area contributed by atoms with Crippen LogP contribution in [0, 0.1) is 11.8 Å². The van der Waals surface area contributed by atoms with E-state index >= 15 is 0 Å². The van der Waals surface area contributed by atoms with E-state index in [9.17, 15) is 0 Å². The largest absolute Gasteiger partial charge is 0.362 e. The van der Waals surface area contributed by atoms with E-state index in [0.29, 0.717) is 6.04 Å². The zero-order valence-corrected chi connectivity index (χ0v) is 19.6. The SMILES string of the molecule is CN(C)c1nc(N[C@H]2CC[C@@H](CNCCCC3CCCCC3)CC2)nc2ccccc12. The lowest BCUT2D eigenvalue weighted by Crippen LogP contribution is -2.32. The summed E-state index contributed by atoms with van der Waals surface area (Å²) in [5.41, 5.74) is 1.01. The van der Waals surface area contributed by atoms with Crippen molar-refractivity contribution < 1.29 is 0 Å². The van der Waals surface area contributed by atoms with Gasteiger partial charge in [0.1, 0.15) is 5.82 Å². The lowest BCUT2D eigenvalue weighted by Gasteiger charge is -2.29. The van der Waals surface area contributed by atoms with E-state index in [1.54, 1.807) is 0 Å². The summed E-state index contributed by atoms with van der Waals surface area (Å²) in [5, 5.41) is 8.49. The number of fused-ring (bicyclic) bond motifs is 1. The molecule has 0 spiro atoms. The van der Waals surface area contributed by atoms with Crippen LogP contribution in [0.4, 0.5) is 11.8 Å². The molecule has 1 aromatic carbocycles. The number of hydrogen-bond acceptors (Lipinski definition) is 5. The number of nitrogens with one attached hydrogen (secondary N) is 2. The third-order valence-electron chi connectivity index (χ3n) is 7.31. The summed E-state index contributed by atoms with van der Waals surface area (Å²) in [6, 6.07) is 8.76. The Bertz CT molecular complexity index is 807. The number of rotatable bonds is 9. The molecule has 0 saturated heterocycles. The van der Waals surface area contributed by atoms with Crippen molar-refractivity contribution in [2.45, 2.75) is 76.7 Å². The van der Waals surface area contributed by atoms with Crippen LogP contribution in [0.15, 0.2) is 24.3 Å². The summed E-state index contributed by atoms with van der Waals surface area (Å²) in [5.74, 6) is 3.59. The van der Waals surface area contributed by atoms with Gasteiger partial charge in [-0.3, -0.25) is 0 Å². The summed E-state index contributed by atoms with van der Waals surface area (Å²) < 4.78 is 0. The fourth-order valence-electron chi connectivity index (χ4n) is 5.46. The van der Waals surface area contributed by atoms with Crippen molar-refractivity contribution in [2.75, 3.05) is 37.4 Å². The molecule has 2 fully saturated rings. The van der Waals surface area contributed by atoms with Gasteiger partial charge in [-0.1, -0.05) is 44.2 Å². The van der Waals surface area contributed by atoms with Crippen molar-refractivity contribution in [3.05, 3.63) is 24.3 Å². The molecular formula is C26H41N5. The van der Waals surface area contributed by atoms with Crippen LogP contribution in [-0.4, -0.2) is 43.2 Å². The molecule has 2 aliphatic rings. The van der Waals surface area contributed by atoms with E-state index in [1.807, 2.05) is 20.2 Å². The Balaban J connectivity index is 1.19. The standard InChI is InChI=1S/C26H41N5/c1-31(2)25-23-12-6-7-13-24(23)29-26(30-25)28-22-16-14-21(15-17-22)19-27-18-8-11-20-9-4-3-5-10-20/h6-7,12-13,20-22,27H,3-5,8-11,14-19H2,1-2H3,(H,28,29,30)/t21-,22+. The fraction of sp³-hybridized carbons (Fsp3) is 0.692. The molecule has 1 aromatic heterocycles. The second-order valence-corrected chi connectivity index (χ2v) is 9.99. The topological polar surface area (TPSA) is 53.1 Å². The van der Waals surface area contributed by atoms with E-state index < -0.39 is 0 Å². The van der Waals surface area contributed by atoms with Crippen molar-refractivity contribution >= 4 is 22.7 Å².